The van der Waals surface area contributed by atoms with Crippen LogP contribution >= 0.6 is 11.6 Å². The van der Waals surface area contributed by atoms with E-state index < -0.39 is 0 Å². The Kier molecular flexibility index (Phi) is 2.89. The number of rotatable bonds is 2. The zero-order chi connectivity index (χ0) is 10.8. The fourth-order valence-electron chi connectivity index (χ4n) is 1.78. The van der Waals surface area contributed by atoms with Gasteiger partial charge in [0.2, 0.25) is 0 Å². The first kappa shape index (κ1) is 10.4. The van der Waals surface area contributed by atoms with Crippen LogP contribution in [0.5, 0.6) is 0 Å². The molecule has 0 saturated carbocycles. The van der Waals surface area contributed by atoms with Gasteiger partial charge in [0.1, 0.15) is 0 Å². The van der Waals surface area contributed by atoms with Crippen LogP contribution in [0.2, 0.25) is 5.02 Å². The minimum Gasteiger partial charge on any atom is -0.324 e. The zero-order valence-electron chi connectivity index (χ0n) is 8.19. The highest BCUT2D eigenvalue weighted by atomic mass is 35.5. The van der Waals surface area contributed by atoms with Crippen molar-refractivity contribution < 1.29 is 4.79 Å². The van der Waals surface area contributed by atoms with Crippen LogP contribution < -0.4 is 5.73 Å². The molecule has 1 aromatic carbocycles. The molecule has 2 atom stereocenters. The molecule has 0 aromatic heterocycles. The van der Waals surface area contributed by atoms with E-state index in [-0.39, 0.29) is 17.7 Å². The Bertz CT molecular complexity index is 414. The number of carbonyl (C=O) groups excluding carboxylic acids is 1. The fourth-order valence-corrected chi connectivity index (χ4v) is 2.01. The van der Waals surface area contributed by atoms with E-state index in [1.807, 2.05) is 24.3 Å². The summed E-state index contributed by atoms with van der Waals surface area (Å²) in [7, 11) is 0. The summed E-state index contributed by atoms with van der Waals surface area (Å²) < 4.78 is 0. The lowest BCUT2D eigenvalue weighted by molar-refractivity contribution is 0.0943. The maximum Gasteiger partial charge on any atom is 0.171 e. The molecule has 2 nitrogen and oxygen atoms in total. The van der Waals surface area contributed by atoms with E-state index in [1.165, 1.54) is 0 Å². The second-order valence-corrected chi connectivity index (χ2v) is 4.14. The van der Waals surface area contributed by atoms with Gasteiger partial charge in [-0.25, -0.2) is 0 Å². The molecule has 0 amide bonds. The van der Waals surface area contributed by atoms with Crippen LogP contribution in [0.4, 0.5) is 0 Å². The summed E-state index contributed by atoms with van der Waals surface area (Å²) in [5, 5.41) is 0.511. The van der Waals surface area contributed by atoms with Gasteiger partial charge in [-0.05, 0) is 18.6 Å². The van der Waals surface area contributed by atoms with Gasteiger partial charge >= 0.3 is 0 Å². The molecule has 0 fully saturated rings. The van der Waals surface area contributed by atoms with Crippen molar-refractivity contribution in [3.63, 3.8) is 0 Å². The van der Waals surface area contributed by atoms with Crippen molar-refractivity contribution in [3.8, 4) is 0 Å². The third kappa shape index (κ3) is 2.11. The summed E-state index contributed by atoms with van der Waals surface area (Å²) in [6.45, 7) is 0. The molecule has 1 aliphatic rings. The number of Topliss-reactive ketones (excluding diaryl/α,β-unsaturated/α-hetero) is 1. The highest BCUT2D eigenvalue weighted by Crippen LogP contribution is 2.25. The van der Waals surface area contributed by atoms with Crippen molar-refractivity contribution >= 4 is 17.4 Å². The van der Waals surface area contributed by atoms with Gasteiger partial charge in [0, 0.05) is 17.5 Å². The Balaban J connectivity index is 2.22. The first-order chi connectivity index (χ1) is 7.18. The third-order valence-electron chi connectivity index (χ3n) is 2.59. The number of hydrogen-bond donors (Lipinski definition) is 1. The quantitative estimate of drug-likeness (QED) is 0.616. The van der Waals surface area contributed by atoms with Gasteiger partial charge < -0.3 is 5.73 Å². The lowest BCUT2D eigenvalue weighted by Gasteiger charge is -2.09. The van der Waals surface area contributed by atoms with Crippen molar-refractivity contribution in [1.82, 2.24) is 0 Å². The summed E-state index contributed by atoms with van der Waals surface area (Å²) in [5.74, 6) is -0.0512. The number of allylic oxidation sites excluding steroid dienone is 1. The first-order valence-corrected chi connectivity index (χ1v) is 5.29. The van der Waals surface area contributed by atoms with Crippen LogP contribution in [-0.4, -0.2) is 11.8 Å². The van der Waals surface area contributed by atoms with Crippen LogP contribution in [0, 0.1) is 5.92 Å². The molecule has 2 N–H and O–H groups in total. The van der Waals surface area contributed by atoms with Gasteiger partial charge in [-0.1, -0.05) is 35.9 Å². The molecule has 78 valence electrons. The smallest absolute Gasteiger partial charge is 0.171 e. The largest absolute Gasteiger partial charge is 0.324 e. The Labute approximate surface area is 93.7 Å². The molecule has 1 aromatic rings. The van der Waals surface area contributed by atoms with E-state index in [9.17, 15) is 4.79 Å². The van der Waals surface area contributed by atoms with E-state index in [1.54, 1.807) is 12.1 Å². The second kappa shape index (κ2) is 4.17. The van der Waals surface area contributed by atoms with Gasteiger partial charge in [0.05, 0.1) is 5.02 Å². The molecule has 0 saturated heterocycles. The molecule has 15 heavy (non-hydrogen) atoms. The van der Waals surface area contributed by atoms with E-state index in [2.05, 4.69) is 0 Å². The number of benzene rings is 1. The van der Waals surface area contributed by atoms with Gasteiger partial charge in [-0.3, -0.25) is 4.79 Å². The van der Waals surface area contributed by atoms with Gasteiger partial charge in [-0.15, -0.1) is 0 Å². The van der Waals surface area contributed by atoms with Crippen molar-refractivity contribution in [2.75, 3.05) is 0 Å². The van der Waals surface area contributed by atoms with Crippen LogP contribution in [0.3, 0.4) is 0 Å². The molecule has 2 rings (SSSR count). The standard InChI is InChI=1S/C12H12ClNO/c13-11-4-2-1-3-10(11)12(15)8-5-6-9(14)7-8/h1-6,8-9H,7,14H2. The zero-order valence-corrected chi connectivity index (χ0v) is 8.95. The number of hydrogen-bond acceptors (Lipinski definition) is 2. The van der Waals surface area contributed by atoms with E-state index >= 15 is 0 Å². The molecule has 0 heterocycles. The predicted octanol–water partition coefficient (Wildman–Crippen LogP) is 2.43. The minimum absolute atomic E-state index is 0.00133. The Morgan fingerprint density at radius 3 is 2.67 bits per heavy atom. The summed E-state index contributed by atoms with van der Waals surface area (Å²) in [6, 6.07) is 7.12. The lowest BCUT2D eigenvalue weighted by Crippen LogP contribution is -2.19. The van der Waals surface area contributed by atoms with E-state index in [0.29, 0.717) is 17.0 Å². The normalized spacial score (nSPS) is 24.4. The number of nitrogens with two attached hydrogens (primary N) is 1. The van der Waals surface area contributed by atoms with Gasteiger partial charge in [0.25, 0.3) is 0 Å². The van der Waals surface area contributed by atoms with E-state index in [4.69, 9.17) is 17.3 Å². The second-order valence-electron chi connectivity index (χ2n) is 3.74. The summed E-state index contributed by atoms with van der Waals surface area (Å²) >= 11 is 5.96. The molecular formula is C12H12ClNO. The molecule has 1 aliphatic carbocycles. The molecule has 3 heteroatoms. The van der Waals surface area contributed by atoms with Crippen LogP contribution in [0.1, 0.15) is 16.8 Å². The Hall–Kier alpha value is -1.12. The van der Waals surface area contributed by atoms with Crippen molar-refractivity contribution in [2.24, 2.45) is 11.7 Å². The van der Waals surface area contributed by atoms with Crippen molar-refractivity contribution in [1.29, 1.82) is 0 Å². The molecule has 0 aliphatic heterocycles. The number of ketones is 1. The predicted molar refractivity (Wildman–Crippen MR) is 61.0 cm³/mol. The van der Waals surface area contributed by atoms with Crippen LogP contribution in [-0.2, 0) is 0 Å². The highest BCUT2D eigenvalue weighted by Gasteiger charge is 2.24. The first-order valence-electron chi connectivity index (χ1n) is 4.91. The van der Waals surface area contributed by atoms with Gasteiger partial charge in [0.15, 0.2) is 5.78 Å². The van der Waals surface area contributed by atoms with Crippen LogP contribution in [0.15, 0.2) is 36.4 Å². The summed E-state index contributed by atoms with van der Waals surface area (Å²) in [6.07, 6.45) is 4.43. The Morgan fingerprint density at radius 1 is 1.33 bits per heavy atom. The Morgan fingerprint density at radius 2 is 2.07 bits per heavy atom. The minimum atomic E-state index is -0.111. The SMILES string of the molecule is NC1C=CC(C(=O)c2ccccc2Cl)C1. The fraction of sp³-hybridized carbons (Fsp3) is 0.250. The molecule has 0 bridgehead atoms. The number of halogens is 1. The van der Waals surface area contributed by atoms with Crippen molar-refractivity contribution in [3.05, 3.63) is 47.0 Å². The van der Waals surface area contributed by atoms with Crippen molar-refractivity contribution in [2.45, 2.75) is 12.5 Å². The maximum absolute atomic E-state index is 12.0. The summed E-state index contributed by atoms with van der Waals surface area (Å²) in [4.78, 5) is 12.0. The van der Waals surface area contributed by atoms with Gasteiger partial charge in [-0.2, -0.15) is 0 Å². The number of carbonyl (C=O) groups is 1. The highest BCUT2D eigenvalue weighted by molar-refractivity contribution is 6.34. The average Bonchev–Trinajstić information content (AvgIpc) is 2.65. The molecule has 0 spiro atoms. The monoisotopic (exact) mass is 221 g/mol. The lowest BCUT2D eigenvalue weighted by atomic mass is 9.96. The summed E-state index contributed by atoms with van der Waals surface area (Å²) in [5.41, 5.74) is 6.29. The van der Waals surface area contributed by atoms with E-state index in [0.717, 1.165) is 0 Å². The molecular weight excluding hydrogens is 210 g/mol. The molecule has 0 radical (unpaired) electrons. The van der Waals surface area contributed by atoms with Crippen LogP contribution in [0.25, 0.3) is 0 Å². The average molecular weight is 222 g/mol. The third-order valence-corrected chi connectivity index (χ3v) is 2.92. The maximum atomic E-state index is 12.0. The topological polar surface area (TPSA) is 43.1 Å². The molecule has 2 unspecified atom stereocenters.